The van der Waals surface area contributed by atoms with Gasteiger partial charge < -0.3 is 19.8 Å². The van der Waals surface area contributed by atoms with Crippen molar-refractivity contribution >= 4 is 17.8 Å². The van der Waals surface area contributed by atoms with E-state index >= 15 is 0 Å². The molecule has 30 heavy (non-hydrogen) atoms. The summed E-state index contributed by atoms with van der Waals surface area (Å²) >= 11 is 0. The number of aliphatic carboxylic acids is 2. The topological polar surface area (TPSA) is 107 Å². The van der Waals surface area contributed by atoms with Gasteiger partial charge in [0, 0.05) is 38.3 Å². The highest BCUT2D eigenvalue weighted by Gasteiger charge is 2.36. The highest BCUT2D eigenvalue weighted by atomic mass is 16.5. The molecule has 2 N–H and O–H groups in total. The van der Waals surface area contributed by atoms with E-state index in [4.69, 9.17) is 24.5 Å². The largest absolute Gasteiger partial charge is 0.497 e. The molecule has 2 aliphatic carbocycles. The van der Waals surface area contributed by atoms with Gasteiger partial charge in [-0.15, -0.1) is 0 Å². The minimum absolute atomic E-state index is 0.139. The van der Waals surface area contributed by atoms with Gasteiger partial charge in [0.05, 0.1) is 7.11 Å². The van der Waals surface area contributed by atoms with Gasteiger partial charge in [-0.05, 0) is 54.9 Å². The number of allylic oxidation sites excluding steroid dienone is 2. The summed E-state index contributed by atoms with van der Waals surface area (Å²) in [5, 5.41) is 14.8. The number of benzene rings is 1. The fourth-order valence-corrected chi connectivity index (χ4v) is 4.49. The van der Waals surface area contributed by atoms with E-state index in [9.17, 15) is 4.79 Å². The number of rotatable bonds is 4. The summed E-state index contributed by atoms with van der Waals surface area (Å²) in [5.41, 5.74) is 0.752. The molecular weight excluding hydrogens is 388 g/mol. The molecule has 1 aromatic rings. The third-order valence-corrected chi connectivity index (χ3v) is 6.09. The lowest BCUT2D eigenvalue weighted by Crippen LogP contribution is -2.50. The summed E-state index contributed by atoms with van der Waals surface area (Å²) in [6.07, 6.45) is 7.58. The van der Waals surface area contributed by atoms with E-state index in [2.05, 4.69) is 17.1 Å². The summed E-state index contributed by atoms with van der Waals surface area (Å²) < 4.78 is 5.16. The summed E-state index contributed by atoms with van der Waals surface area (Å²) in [7, 11) is 1.64. The Morgan fingerprint density at radius 2 is 1.60 bits per heavy atom. The van der Waals surface area contributed by atoms with Crippen LogP contribution in [0.2, 0.25) is 0 Å². The highest BCUT2D eigenvalue weighted by Crippen LogP contribution is 2.43. The molecule has 0 radical (unpaired) electrons. The average Bonchev–Trinajstić information content (AvgIpc) is 3.37. The number of carboxylic acid groups (broad SMARTS) is 2. The van der Waals surface area contributed by atoms with E-state index in [1.54, 1.807) is 7.11 Å². The van der Waals surface area contributed by atoms with E-state index in [1.807, 2.05) is 29.2 Å². The first kappa shape index (κ1) is 21.8. The second-order valence-electron chi connectivity index (χ2n) is 7.97. The van der Waals surface area contributed by atoms with Crippen molar-refractivity contribution in [1.29, 1.82) is 0 Å². The van der Waals surface area contributed by atoms with Crippen LogP contribution in [0.15, 0.2) is 36.4 Å². The summed E-state index contributed by atoms with van der Waals surface area (Å²) in [5.74, 6) is -0.225. The lowest BCUT2D eigenvalue weighted by atomic mass is 9.93. The number of amides is 1. The van der Waals surface area contributed by atoms with Crippen LogP contribution in [-0.4, -0.2) is 77.7 Å². The van der Waals surface area contributed by atoms with Gasteiger partial charge in [-0.25, -0.2) is 9.59 Å². The predicted molar refractivity (Wildman–Crippen MR) is 109 cm³/mol. The van der Waals surface area contributed by atoms with Crippen LogP contribution >= 0.6 is 0 Å². The number of ether oxygens (including phenoxy) is 1. The lowest BCUT2D eigenvalue weighted by Gasteiger charge is -2.37. The Morgan fingerprint density at radius 3 is 2.07 bits per heavy atom. The van der Waals surface area contributed by atoms with Gasteiger partial charge in [0.2, 0.25) is 0 Å². The van der Waals surface area contributed by atoms with Crippen LogP contribution in [-0.2, 0) is 9.59 Å². The van der Waals surface area contributed by atoms with Gasteiger partial charge >= 0.3 is 11.9 Å². The van der Waals surface area contributed by atoms with Crippen LogP contribution in [0.25, 0.3) is 0 Å². The molecule has 3 atom stereocenters. The summed E-state index contributed by atoms with van der Waals surface area (Å²) in [4.78, 5) is 35.3. The van der Waals surface area contributed by atoms with Crippen molar-refractivity contribution in [3.8, 4) is 5.75 Å². The van der Waals surface area contributed by atoms with Crippen LogP contribution in [0.4, 0.5) is 0 Å². The number of piperazine rings is 1. The first-order valence-electron chi connectivity index (χ1n) is 10.2. The third kappa shape index (κ3) is 5.38. The van der Waals surface area contributed by atoms with E-state index in [0.29, 0.717) is 0 Å². The predicted octanol–water partition coefficient (Wildman–Crippen LogP) is 1.82. The highest BCUT2D eigenvalue weighted by molar-refractivity contribution is 6.27. The van der Waals surface area contributed by atoms with Crippen LogP contribution in [0, 0.1) is 17.8 Å². The number of carbonyl (C=O) groups excluding carboxylic acids is 1. The van der Waals surface area contributed by atoms with Gasteiger partial charge in [0.25, 0.3) is 5.91 Å². The second kappa shape index (κ2) is 9.75. The van der Waals surface area contributed by atoms with Crippen molar-refractivity contribution in [2.75, 3.05) is 39.8 Å². The summed E-state index contributed by atoms with van der Waals surface area (Å²) in [6.45, 7) is 4.87. The minimum atomic E-state index is -1.82. The fraction of sp³-hybridized carbons (Fsp3) is 0.500. The zero-order chi connectivity index (χ0) is 21.7. The number of carboxylic acids is 2. The average molecular weight is 416 g/mol. The Hall–Kier alpha value is -2.87. The molecule has 4 rings (SSSR count). The minimum Gasteiger partial charge on any atom is -0.497 e. The molecule has 162 valence electrons. The molecule has 1 saturated heterocycles. The van der Waals surface area contributed by atoms with Crippen molar-refractivity contribution in [3.63, 3.8) is 0 Å². The molecular formula is C22H28N2O6. The third-order valence-electron chi connectivity index (χ3n) is 6.09. The Labute approximate surface area is 175 Å². The molecule has 1 aliphatic heterocycles. The Balaban J connectivity index is 0.000000377. The van der Waals surface area contributed by atoms with Crippen LogP contribution < -0.4 is 4.74 Å². The number of nitrogens with zero attached hydrogens (tertiary/aromatic N) is 2. The molecule has 3 unspecified atom stereocenters. The van der Waals surface area contributed by atoms with Gasteiger partial charge in [0.15, 0.2) is 0 Å². The molecule has 1 saturated carbocycles. The monoisotopic (exact) mass is 416 g/mol. The molecule has 8 heteroatoms. The Bertz CT molecular complexity index is 786. The maximum atomic E-state index is 12.6. The van der Waals surface area contributed by atoms with Crippen molar-refractivity contribution in [3.05, 3.63) is 42.0 Å². The molecule has 1 aromatic carbocycles. The molecule has 0 spiro atoms. The van der Waals surface area contributed by atoms with Crippen LogP contribution in [0.3, 0.4) is 0 Å². The van der Waals surface area contributed by atoms with Gasteiger partial charge in [-0.2, -0.15) is 0 Å². The number of methoxy groups -OCH3 is 1. The van der Waals surface area contributed by atoms with E-state index in [-0.39, 0.29) is 5.91 Å². The number of fused-ring (bicyclic) bond motifs is 2. The number of carbonyl (C=O) groups is 3. The maximum Gasteiger partial charge on any atom is 0.414 e. The van der Waals surface area contributed by atoms with E-state index < -0.39 is 11.9 Å². The van der Waals surface area contributed by atoms with Gasteiger partial charge in [-0.3, -0.25) is 9.69 Å². The lowest BCUT2D eigenvalue weighted by molar-refractivity contribution is -0.159. The zero-order valence-corrected chi connectivity index (χ0v) is 17.1. The smallest absolute Gasteiger partial charge is 0.414 e. The summed E-state index contributed by atoms with van der Waals surface area (Å²) in [6, 6.07) is 7.42. The molecule has 8 nitrogen and oxygen atoms in total. The van der Waals surface area contributed by atoms with E-state index in [0.717, 1.165) is 55.2 Å². The Morgan fingerprint density at radius 1 is 0.967 bits per heavy atom. The standard InChI is InChI=1S/C20H26N2O2.C2H2O4/c1-24-19-6-4-16(5-7-19)20(23)22-10-8-21(9-11-22)14-18-13-15-2-3-17(18)12-15;3-1(4)2(5)6/h2-7,15,17-18H,8-14H2,1H3;(H,3,4)(H,5,6). The molecule has 1 amide bonds. The van der Waals surface area contributed by atoms with Crippen molar-refractivity contribution < 1.29 is 29.3 Å². The quantitative estimate of drug-likeness (QED) is 0.569. The SMILES string of the molecule is COc1ccc(C(=O)N2CCN(CC3CC4C=CC3C4)CC2)cc1.O=C(O)C(=O)O. The first-order valence-corrected chi connectivity index (χ1v) is 10.2. The molecule has 0 aromatic heterocycles. The second-order valence-corrected chi connectivity index (χ2v) is 7.97. The fourth-order valence-electron chi connectivity index (χ4n) is 4.49. The number of hydrogen-bond donors (Lipinski definition) is 2. The van der Waals surface area contributed by atoms with Crippen LogP contribution in [0.1, 0.15) is 23.2 Å². The van der Waals surface area contributed by atoms with Gasteiger partial charge in [-0.1, -0.05) is 12.2 Å². The Kier molecular flexibility index (Phi) is 7.10. The molecule has 1 heterocycles. The maximum absolute atomic E-state index is 12.6. The molecule has 2 bridgehead atoms. The van der Waals surface area contributed by atoms with Gasteiger partial charge in [0.1, 0.15) is 5.75 Å². The number of hydrogen-bond acceptors (Lipinski definition) is 5. The van der Waals surface area contributed by atoms with E-state index in [1.165, 1.54) is 19.4 Å². The normalized spacial score (nSPS) is 24.8. The van der Waals surface area contributed by atoms with Crippen molar-refractivity contribution in [1.82, 2.24) is 9.80 Å². The van der Waals surface area contributed by atoms with Crippen LogP contribution in [0.5, 0.6) is 5.75 Å². The zero-order valence-electron chi connectivity index (χ0n) is 17.1. The first-order chi connectivity index (χ1) is 14.4. The van der Waals surface area contributed by atoms with Crippen molar-refractivity contribution in [2.24, 2.45) is 17.8 Å². The molecule has 3 aliphatic rings. The molecule has 2 fully saturated rings. The van der Waals surface area contributed by atoms with Crippen molar-refractivity contribution in [2.45, 2.75) is 12.8 Å².